The van der Waals surface area contributed by atoms with Gasteiger partial charge in [-0.15, -0.1) is 0 Å². The number of fused-ring (bicyclic) bond motifs is 1. The number of halogens is 1. The second kappa shape index (κ2) is 3.80. The summed E-state index contributed by atoms with van der Waals surface area (Å²) in [4.78, 5) is 8.23. The summed E-state index contributed by atoms with van der Waals surface area (Å²) in [6.45, 7) is 1.99. The smallest absolute Gasteiger partial charge is 0.223 e. The highest BCUT2D eigenvalue weighted by atomic mass is 19.1. The number of anilines is 1. The van der Waals surface area contributed by atoms with Crippen molar-refractivity contribution in [3.63, 3.8) is 0 Å². The van der Waals surface area contributed by atoms with Gasteiger partial charge in [0, 0.05) is 6.92 Å². The highest BCUT2D eigenvalue weighted by Gasteiger charge is 2.12. The van der Waals surface area contributed by atoms with Crippen LogP contribution in [0.3, 0.4) is 0 Å². The predicted octanol–water partition coefficient (Wildman–Crippen LogP) is 1.50. The first-order valence-corrected chi connectivity index (χ1v) is 5.34. The fourth-order valence-corrected chi connectivity index (χ4v) is 1.83. The molecule has 0 saturated heterocycles. The van der Waals surface area contributed by atoms with E-state index in [1.165, 1.54) is 12.1 Å². The summed E-state index contributed by atoms with van der Waals surface area (Å²) in [5.41, 5.74) is 7.04. The molecule has 0 unspecified atom stereocenters. The number of nitrogen functional groups attached to an aromatic ring is 1. The Balaban J connectivity index is 2.10. The van der Waals surface area contributed by atoms with E-state index in [1.54, 1.807) is 17.6 Å². The largest absolute Gasteiger partial charge is 0.369 e. The van der Waals surface area contributed by atoms with Crippen molar-refractivity contribution < 1.29 is 8.91 Å². The van der Waals surface area contributed by atoms with Crippen molar-refractivity contribution in [2.24, 2.45) is 0 Å². The van der Waals surface area contributed by atoms with Gasteiger partial charge in [-0.1, -0.05) is 5.16 Å². The number of imidazole rings is 1. The summed E-state index contributed by atoms with van der Waals surface area (Å²) < 4.78 is 19.8. The van der Waals surface area contributed by atoms with Gasteiger partial charge in [0.05, 0.1) is 17.6 Å². The van der Waals surface area contributed by atoms with Gasteiger partial charge >= 0.3 is 0 Å². The monoisotopic (exact) mass is 247 g/mol. The first-order chi connectivity index (χ1) is 8.63. The number of nitrogens with two attached hydrogens (primary N) is 1. The third-order valence-corrected chi connectivity index (χ3v) is 2.61. The molecule has 0 atom stereocenters. The molecule has 0 aliphatic heterocycles. The second-order valence-corrected chi connectivity index (χ2v) is 3.92. The molecule has 0 spiro atoms. The zero-order valence-corrected chi connectivity index (χ0v) is 9.59. The molecule has 7 heteroatoms. The standard InChI is InChI=1S/C11H10FN5O/c1-6-14-10(16-18-6)5-17-9-4-7(12)2-3-8(9)15-11(17)13/h2-4H,5H2,1H3,(H2,13,15). The minimum atomic E-state index is -0.340. The van der Waals surface area contributed by atoms with Crippen LogP contribution in [0.25, 0.3) is 11.0 Å². The van der Waals surface area contributed by atoms with E-state index in [4.69, 9.17) is 10.3 Å². The maximum Gasteiger partial charge on any atom is 0.223 e. The van der Waals surface area contributed by atoms with Crippen LogP contribution in [0.4, 0.5) is 10.3 Å². The first-order valence-electron chi connectivity index (χ1n) is 5.34. The summed E-state index contributed by atoms with van der Waals surface area (Å²) in [5, 5.41) is 3.78. The van der Waals surface area contributed by atoms with E-state index in [-0.39, 0.29) is 11.8 Å². The van der Waals surface area contributed by atoms with Gasteiger partial charge in [-0.25, -0.2) is 9.37 Å². The molecule has 2 heterocycles. The van der Waals surface area contributed by atoms with Crippen molar-refractivity contribution in [2.45, 2.75) is 13.5 Å². The molecule has 0 radical (unpaired) electrons. The number of hydrogen-bond acceptors (Lipinski definition) is 5. The lowest BCUT2D eigenvalue weighted by Crippen LogP contribution is -2.06. The summed E-state index contributed by atoms with van der Waals surface area (Å²) in [6.07, 6.45) is 0. The van der Waals surface area contributed by atoms with Gasteiger partial charge in [-0.3, -0.25) is 0 Å². The number of hydrogen-bond donors (Lipinski definition) is 1. The van der Waals surface area contributed by atoms with Gasteiger partial charge in [-0.05, 0) is 18.2 Å². The van der Waals surface area contributed by atoms with Gasteiger partial charge < -0.3 is 14.8 Å². The van der Waals surface area contributed by atoms with Crippen molar-refractivity contribution >= 4 is 17.0 Å². The van der Waals surface area contributed by atoms with Gasteiger partial charge in [0.15, 0.2) is 5.82 Å². The summed E-state index contributed by atoms with van der Waals surface area (Å²) in [5.74, 6) is 0.896. The average Bonchev–Trinajstić information content (AvgIpc) is 2.86. The van der Waals surface area contributed by atoms with E-state index in [0.717, 1.165) is 0 Å². The van der Waals surface area contributed by atoms with Crippen LogP contribution in [-0.4, -0.2) is 19.7 Å². The number of benzene rings is 1. The Hall–Kier alpha value is -2.44. The van der Waals surface area contributed by atoms with Crippen LogP contribution in [0.1, 0.15) is 11.7 Å². The van der Waals surface area contributed by atoms with Crippen molar-refractivity contribution in [1.82, 2.24) is 19.7 Å². The molecule has 0 aliphatic rings. The molecule has 92 valence electrons. The molecule has 0 bridgehead atoms. The third-order valence-electron chi connectivity index (χ3n) is 2.61. The molecule has 18 heavy (non-hydrogen) atoms. The SMILES string of the molecule is Cc1nc(Cn2c(N)nc3ccc(F)cc32)no1. The van der Waals surface area contributed by atoms with E-state index in [2.05, 4.69) is 15.1 Å². The van der Waals surface area contributed by atoms with Crippen LogP contribution >= 0.6 is 0 Å². The van der Waals surface area contributed by atoms with Crippen LogP contribution in [0.15, 0.2) is 22.7 Å². The average molecular weight is 247 g/mol. The van der Waals surface area contributed by atoms with Crippen LogP contribution < -0.4 is 5.73 Å². The molecular weight excluding hydrogens is 237 g/mol. The molecule has 0 fully saturated rings. The molecule has 2 aromatic heterocycles. The topological polar surface area (TPSA) is 82.8 Å². The van der Waals surface area contributed by atoms with Crippen molar-refractivity contribution in [1.29, 1.82) is 0 Å². The van der Waals surface area contributed by atoms with Crippen LogP contribution in [-0.2, 0) is 6.54 Å². The Labute approximate surface area is 101 Å². The number of aryl methyl sites for hydroxylation is 1. The molecule has 0 saturated carbocycles. The van der Waals surface area contributed by atoms with Gasteiger partial charge in [0.1, 0.15) is 5.82 Å². The maximum atomic E-state index is 13.2. The van der Waals surface area contributed by atoms with E-state index in [1.807, 2.05) is 0 Å². The van der Waals surface area contributed by atoms with Gasteiger partial charge in [-0.2, -0.15) is 4.98 Å². The van der Waals surface area contributed by atoms with Gasteiger partial charge in [0.25, 0.3) is 0 Å². The minimum absolute atomic E-state index is 0.290. The fraction of sp³-hybridized carbons (Fsp3) is 0.182. The molecule has 3 rings (SSSR count). The quantitative estimate of drug-likeness (QED) is 0.741. The zero-order valence-electron chi connectivity index (χ0n) is 9.59. The van der Waals surface area contributed by atoms with Crippen molar-refractivity contribution in [2.75, 3.05) is 5.73 Å². The van der Waals surface area contributed by atoms with Crippen LogP contribution in [0, 0.1) is 12.7 Å². The Bertz CT molecular complexity index is 717. The highest BCUT2D eigenvalue weighted by Crippen LogP contribution is 2.19. The Morgan fingerprint density at radius 2 is 2.22 bits per heavy atom. The van der Waals surface area contributed by atoms with E-state index in [9.17, 15) is 4.39 Å². The number of nitrogens with zero attached hydrogens (tertiary/aromatic N) is 4. The predicted molar refractivity (Wildman–Crippen MR) is 62.2 cm³/mol. The number of aromatic nitrogens is 4. The summed E-state index contributed by atoms with van der Waals surface area (Å²) >= 11 is 0. The normalized spacial score (nSPS) is 11.2. The molecule has 1 aromatic carbocycles. The van der Waals surface area contributed by atoms with Crippen molar-refractivity contribution in [3.8, 4) is 0 Å². The fourth-order valence-electron chi connectivity index (χ4n) is 1.83. The van der Waals surface area contributed by atoms with E-state index in [0.29, 0.717) is 29.3 Å². The molecule has 2 N–H and O–H groups in total. The van der Waals surface area contributed by atoms with Gasteiger partial charge in [0.2, 0.25) is 11.8 Å². The molecule has 6 nitrogen and oxygen atoms in total. The van der Waals surface area contributed by atoms with E-state index >= 15 is 0 Å². The first kappa shape index (κ1) is 10.7. The lowest BCUT2D eigenvalue weighted by atomic mass is 10.3. The summed E-state index contributed by atoms with van der Waals surface area (Å²) in [7, 11) is 0. The Kier molecular flexibility index (Phi) is 2.26. The Morgan fingerprint density at radius 1 is 1.39 bits per heavy atom. The lowest BCUT2D eigenvalue weighted by Gasteiger charge is -2.02. The maximum absolute atomic E-state index is 13.2. The second-order valence-electron chi connectivity index (χ2n) is 3.92. The van der Waals surface area contributed by atoms with Crippen molar-refractivity contribution in [3.05, 3.63) is 35.7 Å². The highest BCUT2D eigenvalue weighted by molar-refractivity contribution is 5.78. The summed E-state index contributed by atoms with van der Waals surface area (Å²) in [6, 6.07) is 4.31. The third kappa shape index (κ3) is 1.69. The number of rotatable bonds is 2. The lowest BCUT2D eigenvalue weighted by molar-refractivity contribution is 0.386. The van der Waals surface area contributed by atoms with Crippen LogP contribution in [0.5, 0.6) is 0 Å². The van der Waals surface area contributed by atoms with E-state index < -0.39 is 0 Å². The molecule has 0 amide bonds. The zero-order chi connectivity index (χ0) is 12.7. The van der Waals surface area contributed by atoms with Crippen LogP contribution in [0.2, 0.25) is 0 Å². The molecule has 0 aliphatic carbocycles. The molecular formula is C11H10FN5O. The Morgan fingerprint density at radius 3 is 2.94 bits per heavy atom. The minimum Gasteiger partial charge on any atom is -0.369 e. The molecule has 3 aromatic rings.